The van der Waals surface area contributed by atoms with Crippen molar-refractivity contribution < 1.29 is 9.59 Å². The molecular weight excluding hydrogens is 384 g/mol. The van der Waals surface area contributed by atoms with Crippen molar-refractivity contribution in [1.29, 1.82) is 0 Å². The molecule has 2 aromatic heterocycles. The summed E-state index contributed by atoms with van der Waals surface area (Å²) in [4.78, 5) is 34.3. The lowest BCUT2D eigenvalue weighted by Gasteiger charge is -2.29. The van der Waals surface area contributed by atoms with Gasteiger partial charge in [-0.2, -0.15) is 11.3 Å². The fourth-order valence-electron chi connectivity index (χ4n) is 3.81. The second kappa shape index (κ2) is 10.7. The zero-order valence-electron chi connectivity index (χ0n) is 17.4. The maximum atomic E-state index is 12.9. The smallest absolute Gasteiger partial charge is 0.223 e. The monoisotopic (exact) mass is 416 g/mol. The molecular formula is C22H32N4O2S. The normalized spacial score (nSPS) is 16.6. The second-order valence-electron chi connectivity index (χ2n) is 8.13. The summed E-state index contributed by atoms with van der Waals surface area (Å²) in [5.74, 6) is 1.28. The fraction of sp³-hybridized carbons (Fsp3) is 0.591. The molecule has 0 saturated carbocycles. The first kappa shape index (κ1) is 21.7. The number of rotatable bonds is 10. The topological polar surface area (TPSA) is 78.1 Å². The van der Waals surface area contributed by atoms with Crippen LogP contribution in [0.1, 0.15) is 63.7 Å². The number of hydrogen-bond donors (Lipinski definition) is 2. The average molecular weight is 417 g/mol. The first-order valence-electron chi connectivity index (χ1n) is 10.6. The summed E-state index contributed by atoms with van der Waals surface area (Å²) in [7, 11) is 2.10. The van der Waals surface area contributed by atoms with Crippen LogP contribution in [0.3, 0.4) is 0 Å². The lowest BCUT2D eigenvalue weighted by atomic mass is 9.95. The van der Waals surface area contributed by atoms with Crippen LogP contribution in [-0.4, -0.2) is 46.7 Å². The zero-order valence-corrected chi connectivity index (χ0v) is 18.3. The van der Waals surface area contributed by atoms with Crippen molar-refractivity contribution in [3.05, 3.63) is 28.8 Å². The highest BCUT2D eigenvalue weighted by Gasteiger charge is 2.26. The van der Waals surface area contributed by atoms with Crippen molar-refractivity contribution in [3.8, 4) is 11.3 Å². The fourth-order valence-corrected chi connectivity index (χ4v) is 4.47. The largest absolute Gasteiger partial charge is 0.346 e. The van der Waals surface area contributed by atoms with Crippen LogP contribution in [0.15, 0.2) is 23.0 Å². The van der Waals surface area contributed by atoms with Crippen molar-refractivity contribution in [3.63, 3.8) is 0 Å². The molecule has 1 atom stereocenters. The van der Waals surface area contributed by atoms with E-state index in [1.807, 2.05) is 11.6 Å². The van der Waals surface area contributed by atoms with Gasteiger partial charge in [0.2, 0.25) is 5.91 Å². The molecule has 2 aromatic rings. The minimum atomic E-state index is -0.119. The Morgan fingerprint density at radius 2 is 2.10 bits per heavy atom. The first-order chi connectivity index (χ1) is 14.0. The summed E-state index contributed by atoms with van der Waals surface area (Å²) < 4.78 is 0. The Morgan fingerprint density at radius 1 is 1.31 bits per heavy atom. The van der Waals surface area contributed by atoms with Gasteiger partial charge in [0.05, 0.1) is 17.9 Å². The summed E-state index contributed by atoms with van der Waals surface area (Å²) in [6, 6.07) is 1.95. The third-order valence-electron chi connectivity index (χ3n) is 5.69. The van der Waals surface area contributed by atoms with Gasteiger partial charge in [0.25, 0.3) is 0 Å². The molecule has 1 saturated heterocycles. The van der Waals surface area contributed by atoms with Gasteiger partial charge in [-0.3, -0.25) is 4.79 Å². The molecule has 3 rings (SSSR count). The van der Waals surface area contributed by atoms with E-state index in [1.165, 1.54) is 0 Å². The summed E-state index contributed by atoms with van der Waals surface area (Å²) in [5, 5.41) is 7.39. The van der Waals surface area contributed by atoms with Gasteiger partial charge < -0.3 is 20.0 Å². The van der Waals surface area contributed by atoms with Gasteiger partial charge in [-0.25, -0.2) is 4.98 Å². The van der Waals surface area contributed by atoms with Crippen LogP contribution in [-0.2, 0) is 9.59 Å². The van der Waals surface area contributed by atoms with Gasteiger partial charge in [-0.15, -0.1) is 0 Å². The second-order valence-corrected chi connectivity index (χ2v) is 8.91. The quantitative estimate of drug-likeness (QED) is 0.570. The molecule has 0 aromatic carbocycles. The molecule has 29 heavy (non-hydrogen) atoms. The highest BCUT2D eigenvalue weighted by Crippen LogP contribution is 2.25. The number of amides is 1. The van der Waals surface area contributed by atoms with Crippen molar-refractivity contribution in [2.75, 3.05) is 20.1 Å². The molecule has 2 N–H and O–H groups in total. The number of nitrogens with zero attached hydrogens (tertiary/aromatic N) is 2. The molecule has 6 nitrogen and oxygen atoms in total. The predicted octanol–water partition coefficient (Wildman–Crippen LogP) is 4.18. The molecule has 0 aliphatic carbocycles. The number of piperidine rings is 1. The van der Waals surface area contributed by atoms with Crippen LogP contribution in [0.4, 0.5) is 0 Å². The number of aromatic amines is 1. The number of H-pyrrole nitrogens is 1. The van der Waals surface area contributed by atoms with Gasteiger partial charge in [0.15, 0.2) is 0 Å². The van der Waals surface area contributed by atoms with E-state index in [2.05, 4.69) is 38.7 Å². The molecule has 0 spiro atoms. The van der Waals surface area contributed by atoms with Crippen LogP contribution < -0.4 is 5.32 Å². The highest BCUT2D eigenvalue weighted by atomic mass is 32.1. The first-order valence-corrected chi connectivity index (χ1v) is 11.5. The van der Waals surface area contributed by atoms with E-state index in [0.29, 0.717) is 6.42 Å². The van der Waals surface area contributed by atoms with Crippen LogP contribution in [0.2, 0.25) is 0 Å². The van der Waals surface area contributed by atoms with Gasteiger partial charge in [0, 0.05) is 23.3 Å². The minimum Gasteiger partial charge on any atom is -0.346 e. The van der Waals surface area contributed by atoms with E-state index < -0.39 is 0 Å². The van der Waals surface area contributed by atoms with Crippen molar-refractivity contribution in [2.45, 2.75) is 57.9 Å². The standard InChI is InChI=1S/C22H32N4O2S/c1-16(27)6-4-3-5-7-19(25-22(28)17-8-11-26(2)12-9-17)21-23-14-20(24-21)18-10-13-29-15-18/h10,13-15,17,19H,3-9,11-12H2,1-2H3,(H,23,24)(H,25,28)/t19-/m0/s1. The van der Waals surface area contributed by atoms with Gasteiger partial charge in [-0.05, 0) is 64.2 Å². The SMILES string of the molecule is CC(=O)CCCCC[C@H](NC(=O)C1CCN(C)CC1)c1ncc(-c2ccsc2)[nH]1. The maximum Gasteiger partial charge on any atom is 0.223 e. The average Bonchev–Trinajstić information content (AvgIpc) is 3.38. The van der Waals surface area contributed by atoms with Crippen LogP contribution in [0.5, 0.6) is 0 Å². The molecule has 1 amide bonds. The van der Waals surface area contributed by atoms with Gasteiger partial charge in [-0.1, -0.05) is 12.8 Å². The summed E-state index contributed by atoms with van der Waals surface area (Å²) in [6.07, 6.45) is 7.98. The number of imidazole rings is 1. The molecule has 0 bridgehead atoms. The Morgan fingerprint density at radius 3 is 2.79 bits per heavy atom. The molecule has 7 heteroatoms. The van der Waals surface area contributed by atoms with Crippen molar-refractivity contribution >= 4 is 23.0 Å². The molecule has 0 radical (unpaired) electrons. The Bertz CT molecular complexity index is 779. The molecule has 0 unspecified atom stereocenters. The van der Waals surface area contributed by atoms with E-state index in [4.69, 9.17) is 0 Å². The van der Waals surface area contributed by atoms with E-state index in [1.54, 1.807) is 18.3 Å². The van der Waals surface area contributed by atoms with E-state index in [9.17, 15) is 9.59 Å². The minimum absolute atomic E-state index is 0.0812. The number of carbonyl (C=O) groups excluding carboxylic acids is 2. The number of aromatic nitrogens is 2. The molecule has 3 heterocycles. The van der Waals surface area contributed by atoms with Gasteiger partial charge in [0.1, 0.15) is 11.6 Å². The van der Waals surface area contributed by atoms with Crippen LogP contribution in [0, 0.1) is 5.92 Å². The number of carbonyl (C=O) groups is 2. The summed E-state index contributed by atoms with van der Waals surface area (Å²) >= 11 is 1.65. The molecule has 1 aliphatic rings. The number of nitrogens with one attached hydrogen (secondary N) is 2. The number of hydrogen-bond acceptors (Lipinski definition) is 5. The molecule has 1 aliphatic heterocycles. The predicted molar refractivity (Wildman–Crippen MR) is 117 cm³/mol. The Hall–Kier alpha value is -1.99. The lowest BCUT2D eigenvalue weighted by molar-refractivity contribution is -0.127. The van der Waals surface area contributed by atoms with Crippen molar-refractivity contribution in [1.82, 2.24) is 20.2 Å². The number of likely N-dealkylation sites (tertiary alicyclic amines) is 1. The lowest BCUT2D eigenvalue weighted by Crippen LogP contribution is -2.40. The van der Waals surface area contributed by atoms with E-state index >= 15 is 0 Å². The highest BCUT2D eigenvalue weighted by molar-refractivity contribution is 7.08. The number of ketones is 1. The third-order valence-corrected chi connectivity index (χ3v) is 6.37. The Kier molecular flexibility index (Phi) is 8.00. The summed E-state index contributed by atoms with van der Waals surface area (Å²) in [5.41, 5.74) is 2.10. The van der Waals surface area contributed by atoms with Crippen molar-refractivity contribution in [2.24, 2.45) is 5.92 Å². The number of Topliss-reactive ketones (excluding diaryl/α,β-unsaturated/α-hetero) is 1. The van der Waals surface area contributed by atoms with Gasteiger partial charge >= 0.3 is 0 Å². The maximum absolute atomic E-state index is 12.9. The van der Waals surface area contributed by atoms with E-state index in [0.717, 1.165) is 68.7 Å². The Labute approximate surface area is 177 Å². The Balaban J connectivity index is 1.63. The third kappa shape index (κ3) is 6.51. The van der Waals surface area contributed by atoms with Crippen LogP contribution in [0.25, 0.3) is 11.3 Å². The van der Waals surface area contributed by atoms with Crippen LogP contribution >= 0.6 is 11.3 Å². The summed E-state index contributed by atoms with van der Waals surface area (Å²) in [6.45, 7) is 3.58. The van der Waals surface area contributed by atoms with E-state index in [-0.39, 0.29) is 23.7 Å². The number of thiophene rings is 1. The zero-order chi connectivity index (χ0) is 20.6. The molecule has 1 fully saturated rings. The molecule has 158 valence electrons. The number of unbranched alkanes of at least 4 members (excludes halogenated alkanes) is 2.